The highest BCUT2D eigenvalue weighted by atomic mass is 32.1. The van der Waals surface area contributed by atoms with Crippen molar-refractivity contribution in [1.82, 2.24) is 9.80 Å². The minimum Gasteiger partial charge on any atom is -0.306 e. The second kappa shape index (κ2) is 50.9. The fourth-order valence-electron chi connectivity index (χ4n) is 16.6. The second-order valence-electron chi connectivity index (χ2n) is 31.8. The fourth-order valence-corrected chi connectivity index (χ4v) is 24.9. The van der Waals surface area contributed by atoms with Crippen LogP contribution in [0.2, 0.25) is 0 Å². The van der Waals surface area contributed by atoms with Crippen molar-refractivity contribution in [3.63, 3.8) is 0 Å². The predicted octanol–water partition coefficient (Wildman–Crippen LogP) is 33.4. The molecule has 8 heterocycles. The lowest BCUT2D eigenvalue weighted by Crippen LogP contribution is -2.30. The van der Waals surface area contributed by atoms with E-state index in [2.05, 4.69) is 121 Å². The Balaban J connectivity index is 0.984. The monoisotopic (exact) mass is 1500 g/mol. The average molecular weight is 1500 g/mol. The van der Waals surface area contributed by atoms with E-state index in [1.807, 2.05) is 11.3 Å². The highest BCUT2D eigenvalue weighted by Gasteiger charge is 2.49. The van der Waals surface area contributed by atoms with Gasteiger partial charge in [-0.05, 0) is 87.8 Å². The van der Waals surface area contributed by atoms with E-state index >= 15 is 9.59 Å². The molecular weight excluding hydrogens is 1360 g/mol. The lowest BCUT2D eigenvalue weighted by atomic mass is 10.0. The number of aryl methyl sites for hydroxylation is 4. The van der Waals surface area contributed by atoms with Crippen LogP contribution in [0.25, 0.3) is 49.3 Å². The van der Waals surface area contributed by atoms with Gasteiger partial charge in [-0.3, -0.25) is 9.59 Å². The van der Waals surface area contributed by atoms with Gasteiger partial charge in [-0.2, -0.15) is 0 Å². The second-order valence-corrected chi connectivity index (χ2v) is 38.4. The van der Waals surface area contributed by atoms with Gasteiger partial charge in [0, 0.05) is 32.6 Å². The van der Waals surface area contributed by atoms with E-state index < -0.39 is 0 Å². The van der Waals surface area contributed by atoms with Crippen LogP contribution in [0.1, 0.15) is 431 Å². The Morgan fingerprint density at radius 3 is 0.853 bits per heavy atom. The van der Waals surface area contributed by atoms with Crippen molar-refractivity contribution < 1.29 is 9.59 Å². The van der Waals surface area contributed by atoms with Crippen LogP contribution in [0.3, 0.4) is 0 Å². The van der Waals surface area contributed by atoms with E-state index in [1.165, 1.54) is 387 Å². The van der Waals surface area contributed by atoms with E-state index in [9.17, 15) is 0 Å². The van der Waals surface area contributed by atoms with Gasteiger partial charge in [0.2, 0.25) is 0 Å². The van der Waals surface area contributed by atoms with Crippen molar-refractivity contribution in [3.05, 3.63) is 66.0 Å². The Labute approximate surface area is 649 Å². The molecule has 4 nitrogen and oxygen atoms in total. The molecule has 6 aromatic rings. The number of hydrogen-bond donors (Lipinski definition) is 0. The fraction of sp³-hybridized carbons (Fsp3) is 0.739. The average Bonchev–Trinajstić information content (AvgIpc) is 1.56. The SMILES string of the molecule is CCCCCCCCCCCCCCCCCc1c(C)sc2c1sc1c3sc(-c4ccc(C5=C6C(=O)N(CCCCCCCCCCCCCCCC)C(c7ccc(C)s7)=C6C(=O)N5CCCCCCCCCCCCCCCC)s4)c(CCCCCCCCCCCCCCCCC)c3sc21. The molecule has 0 radical (unpaired) electrons. The summed E-state index contributed by atoms with van der Waals surface area (Å²) in [4.78, 5) is 43.0. The minimum absolute atomic E-state index is 0.0437. The van der Waals surface area contributed by atoms with Gasteiger partial charge in [0.1, 0.15) is 0 Å². The van der Waals surface area contributed by atoms with Crippen LogP contribution in [0.5, 0.6) is 0 Å². The molecule has 0 atom stereocenters. The zero-order valence-electron chi connectivity index (χ0n) is 66.3. The van der Waals surface area contributed by atoms with Gasteiger partial charge in [0.15, 0.2) is 0 Å². The van der Waals surface area contributed by atoms with E-state index in [0.29, 0.717) is 24.2 Å². The van der Waals surface area contributed by atoms with Crippen LogP contribution in [0.15, 0.2) is 35.4 Å². The summed E-state index contributed by atoms with van der Waals surface area (Å²) in [7, 11) is 0. The Morgan fingerprint density at radius 2 is 0.520 bits per heavy atom. The van der Waals surface area contributed by atoms with E-state index in [4.69, 9.17) is 0 Å². The Kier molecular flexibility index (Phi) is 42.4. The topological polar surface area (TPSA) is 40.6 Å². The molecule has 2 aliphatic rings. The maximum Gasteiger partial charge on any atom is 0.261 e. The molecule has 0 aliphatic carbocycles. The molecule has 102 heavy (non-hydrogen) atoms. The molecule has 10 heteroatoms. The first kappa shape index (κ1) is 85.0. The zero-order valence-corrected chi connectivity index (χ0v) is 71.2. The number of carbonyl (C=O) groups excluding carboxylic acids is 2. The molecule has 6 aromatic heterocycles. The Bertz CT molecular complexity index is 3310. The van der Waals surface area contributed by atoms with Crippen molar-refractivity contribution >= 4 is 119 Å². The number of thiophene rings is 6. The molecule has 0 saturated heterocycles. The maximum absolute atomic E-state index is 15.6. The number of amides is 2. The summed E-state index contributed by atoms with van der Waals surface area (Å²) in [6.45, 7) is 15.1. The van der Waals surface area contributed by atoms with Crippen molar-refractivity contribution in [2.75, 3.05) is 13.1 Å². The first-order chi connectivity index (χ1) is 50.3. The van der Waals surface area contributed by atoms with Crippen LogP contribution in [-0.2, 0) is 22.4 Å². The summed E-state index contributed by atoms with van der Waals surface area (Å²) < 4.78 is 9.21. The Morgan fingerprint density at radius 1 is 0.255 bits per heavy atom. The van der Waals surface area contributed by atoms with Gasteiger partial charge in [0.25, 0.3) is 11.8 Å². The molecule has 0 fully saturated rings. The van der Waals surface area contributed by atoms with Gasteiger partial charge < -0.3 is 9.80 Å². The van der Waals surface area contributed by atoms with E-state index in [1.54, 1.807) is 36.7 Å². The molecule has 0 N–H and O–H groups in total. The lowest BCUT2D eigenvalue weighted by molar-refractivity contribution is -0.124. The van der Waals surface area contributed by atoms with Gasteiger partial charge in [-0.1, -0.05) is 374 Å². The molecular formula is C92H146N2O2S6. The first-order valence-corrected chi connectivity index (χ1v) is 48.9. The van der Waals surface area contributed by atoms with Crippen molar-refractivity contribution in [1.29, 1.82) is 0 Å². The summed E-state index contributed by atoms with van der Waals surface area (Å²) in [5, 5.41) is 0. The highest BCUT2D eigenvalue weighted by molar-refractivity contribution is 7.45. The van der Waals surface area contributed by atoms with Crippen LogP contribution >= 0.6 is 68.0 Å². The first-order valence-electron chi connectivity index (χ1n) is 44.0. The number of carbonyl (C=O) groups is 2. The quantitative estimate of drug-likeness (QED) is 0.0357. The highest BCUT2D eigenvalue weighted by Crippen LogP contribution is 2.56. The smallest absolute Gasteiger partial charge is 0.261 e. The summed E-state index contributed by atoms with van der Waals surface area (Å²) in [5.74, 6) is 0.0875. The third kappa shape index (κ3) is 27.5. The van der Waals surface area contributed by atoms with E-state index in [0.717, 1.165) is 53.3 Å². The molecule has 572 valence electrons. The van der Waals surface area contributed by atoms with Crippen molar-refractivity contribution in [2.24, 2.45) is 0 Å². The third-order valence-electron chi connectivity index (χ3n) is 22.9. The molecule has 8 rings (SSSR count). The molecule has 2 aliphatic heterocycles. The third-order valence-corrected chi connectivity index (χ3v) is 30.8. The van der Waals surface area contributed by atoms with Crippen molar-refractivity contribution in [3.8, 4) is 9.75 Å². The summed E-state index contributed by atoms with van der Waals surface area (Å²) >= 11 is 11.9. The largest absolute Gasteiger partial charge is 0.306 e. The predicted molar refractivity (Wildman–Crippen MR) is 463 cm³/mol. The molecule has 0 bridgehead atoms. The lowest BCUT2D eigenvalue weighted by Gasteiger charge is -2.24. The molecule has 0 unspecified atom stereocenters. The normalized spacial score (nSPS) is 13.6. The zero-order chi connectivity index (χ0) is 71.6. The van der Waals surface area contributed by atoms with Crippen LogP contribution in [0, 0.1) is 13.8 Å². The van der Waals surface area contributed by atoms with Gasteiger partial charge >= 0.3 is 0 Å². The molecule has 0 spiro atoms. The number of hydrogen-bond acceptors (Lipinski definition) is 8. The van der Waals surface area contributed by atoms with Crippen LogP contribution in [0.4, 0.5) is 0 Å². The minimum atomic E-state index is 0.0437. The van der Waals surface area contributed by atoms with Gasteiger partial charge in [0.05, 0.1) is 60.5 Å². The van der Waals surface area contributed by atoms with E-state index in [-0.39, 0.29) is 11.8 Å². The molecule has 2 amide bonds. The Hall–Kier alpha value is -2.60. The number of unbranched alkanes of at least 4 members (excludes halogenated alkanes) is 54. The van der Waals surface area contributed by atoms with Gasteiger partial charge in [-0.15, -0.1) is 68.0 Å². The maximum atomic E-state index is 15.6. The number of fused-ring (bicyclic) bond motifs is 6. The van der Waals surface area contributed by atoms with Crippen LogP contribution < -0.4 is 0 Å². The molecule has 0 saturated carbocycles. The molecule has 0 aromatic carbocycles. The number of rotatable bonds is 65. The summed E-state index contributed by atoms with van der Waals surface area (Å²) in [6.07, 6.45) is 80.6. The van der Waals surface area contributed by atoms with Crippen LogP contribution in [-0.4, -0.2) is 34.7 Å². The summed E-state index contributed by atoms with van der Waals surface area (Å²) in [5.41, 5.74) is 6.29. The van der Waals surface area contributed by atoms with Crippen molar-refractivity contribution in [2.45, 2.75) is 427 Å². The number of nitrogens with zero attached hydrogens (tertiary/aromatic N) is 2. The summed E-state index contributed by atoms with van der Waals surface area (Å²) in [6, 6.07) is 9.06. The standard InChI is InChI=1S/C92H146N2O2S6/c1-7-11-15-19-23-27-31-35-39-41-45-49-53-57-61-65-75-74(6)98-87-85(75)101-90-88-86(102-89(87)90)76(66-62-58-54-50-46-42-40-36-32-28-24-20-16-12-8-2)84(100-88)79-70-69-78(99-79)83-81-80(91(95)94(83)72-64-60-56-52-48-44-38-34-30-26-22-18-14-10-4)82(77-68-67-73(5)97-77)93(92(81)96)71-63-59-55-51-47-43-37-33-29-25-21-17-13-9-3/h67-70H,7-66,71-72H2,1-6H3. The van der Waals surface area contributed by atoms with Gasteiger partial charge in [-0.25, -0.2) is 0 Å².